The van der Waals surface area contributed by atoms with Crippen LogP contribution in [-0.4, -0.2) is 9.97 Å². The first-order valence-corrected chi connectivity index (χ1v) is 20.4. The summed E-state index contributed by atoms with van der Waals surface area (Å²) in [4.78, 5) is 10.3. The lowest BCUT2D eigenvalue weighted by Crippen LogP contribution is -1.96. The normalized spacial score (nSPS) is 11.6. The molecule has 4 heteroatoms. The Morgan fingerprint density at radius 1 is 0.250 bits per heavy atom. The average molecular weight is 749 g/mol. The Morgan fingerprint density at radius 2 is 0.661 bits per heavy atom. The molecule has 3 heterocycles. The molecule has 3 aromatic heterocycles. The van der Waals surface area contributed by atoms with E-state index in [0.29, 0.717) is 5.82 Å². The minimum Gasteiger partial charge on any atom is -0.228 e. The molecule has 0 aliphatic heterocycles. The maximum absolute atomic E-state index is 5.26. The van der Waals surface area contributed by atoms with Gasteiger partial charge in [-0.1, -0.05) is 127 Å². The Kier molecular flexibility index (Phi) is 7.90. The molecule has 2 nitrogen and oxygen atoms in total. The summed E-state index contributed by atoms with van der Waals surface area (Å²) >= 11 is 3.70. The Hall–Kier alpha value is -6.72. The van der Waals surface area contributed by atoms with Gasteiger partial charge in [-0.05, 0) is 100 Å². The lowest BCUT2D eigenvalue weighted by molar-refractivity contribution is 1.18. The number of nitrogens with zero attached hydrogens (tertiary/aromatic N) is 2. The zero-order valence-corrected chi connectivity index (χ0v) is 31.8. The molecule has 11 rings (SSSR count). The summed E-state index contributed by atoms with van der Waals surface area (Å²) in [5, 5.41) is 5.20. The second kappa shape index (κ2) is 13.5. The van der Waals surface area contributed by atoms with Crippen molar-refractivity contribution in [2.45, 2.75) is 0 Å². The smallest absolute Gasteiger partial charge is 0.160 e. The summed E-state index contributed by atoms with van der Waals surface area (Å²) in [5.41, 5.74) is 11.9. The van der Waals surface area contributed by atoms with Crippen molar-refractivity contribution in [3.63, 3.8) is 0 Å². The highest BCUT2D eigenvalue weighted by molar-refractivity contribution is 7.26. The number of benzene rings is 8. The van der Waals surface area contributed by atoms with Crippen LogP contribution < -0.4 is 0 Å². The molecule has 0 aliphatic carbocycles. The van der Waals surface area contributed by atoms with E-state index >= 15 is 0 Å². The van der Waals surface area contributed by atoms with E-state index in [0.717, 1.165) is 44.8 Å². The van der Waals surface area contributed by atoms with Crippen molar-refractivity contribution in [3.8, 4) is 67.3 Å². The third kappa shape index (κ3) is 5.88. The lowest BCUT2D eigenvalue weighted by Gasteiger charge is -2.14. The summed E-state index contributed by atoms with van der Waals surface area (Å²) in [7, 11) is 0. The Bertz CT molecular complexity index is 3190. The van der Waals surface area contributed by atoms with Crippen LogP contribution in [0.5, 0.6) is 0 Å². The molecule has 0 N–H and O–H groups in total. The highest BCUT2D eigenvalue weighted by Crippen LogP contribution is 2.41. The molecule has 262 valence electrons. The molecule has 0 radical (unpaired) electrons. The van der Waals surface area contributed by atoms with E-state index in [1.54, 1.807) is 0 Å². The standard InChI is InChI=1S/C52H32N2S2/c1-3-12-33(13-4-1)46-32-47(54-52(53-46)34-14-5-2-6-15-34)41-28-39(27-40(29-41)38-23-25-51-45(31-38)43-19-8-10-21-49(43)56-51)36-17-11-16-35(26-36)37-22-24-50-44(30-37)42-18-7-9-20-48(42)55-50/h1-32H. The van der Waals surface area contributed by atoms with Gasteiger partial charge in [0.25, 0.3) is 0 Å². The van der Waals surface area contributed by atoms with Crippen molar-refractivity contribution in [3.05, 3.63) is 194 Å². The van der Waals surface area contributed by atoms with E-state index in [1.807, 2.05) is 46.9 Å². The van der Waals surface area contributed by atoms with E-state index in [2.05, 4.69) is 170 Å². The van der Waals surface area contributed by atoms with Gasteiger partial charge in [0, 0.05) is 57.0 Å². The largest absolute Gasteiger partial charge is 0.228 e. The zero-order chi connectivity index (χ0) is 37.0. The van der Waals surface area contributed by atoms with E-state index < -0.39 is 0 Å². The van der Waals surface area contributed by atoms with Crippen molar-refractivity contribution < 1.29 is 0 Å². The van der Waals surface area contributed by atoms with Crippen LogP contribution in [0.15, 0.2) is 194 Å². The van der Waals surface area contributed by atoms with Gasteiger partial charge in [0.05, 0.1) is 11.4 Å². The molecular formula is C52H32N2S2. The number of fused-ring (bicyclic) bond motifs is 6. The van der Waals surface area contributed by atoms with Crippen LogP contribution in [0.1, 0.15) is 0 Å². The first-order chi connectivity index (χ1) is 27.7. The van der Waals surface area contributed by atoms with Gasteiger partial charge in [-0.25, -0.2) is 9.97 Å². The molecule has 56 heavy (non-hydrogen) atoms. The molecule has 0 bridgehead atoms. The van der Waals surface area contributed by atoms with Gasteiger partial charge in [-0.3, -0.25) is 0 Å². The molecule has 8 aromatic carbocycles. The fourth-order valence-electron chi connectivity index (χ4n) is 7.87. The number of thiophene rings is 2. The summed E-state index contributed by atoms with van der Waals surface area (Å²) in [6.45, 7) is 0. The molecule has 0 fully saturated rings. The molecular weight excluding hydrogens is 717 g/mol. The Balaban J connectivity index is 1.11. The van der Waals surface area contributed by atoms with Gasteiger partial charge in [0.1, 0.15) is 0 Å². The van der Waals surface area contributed by atoms with Crippen molar-refractivity contribution in [2.75, 3.05) is 0 Å². The molecule has 0 aliphatic rings. The first kappa shape index (κ1) is 32.7. The Morgan fingerprint density at radius 3 is 1.27 bits per heavy atom. The maximum atomic E-state index is 5.26. The van der Waals surface area contributed by atoms with Gasteiger partial charge in [-0.15, -0.1) is 22.7 Å². The predicted octanol–water partition coefficient (Wildman–Crippen LogP) is 15.2. The molecule has 11 aromatic rings. The molecule has 0 spiro atoms. The van der Waals surface area contributed by atoms with E-state index in [9.17, 15) is 0 Å². The van der Waals surface area contributed by atoms with Crippen LogP contribution in [0.3, 0.4) is 0 Å². The van der Waals surface area contributed by atoms with Gasteiger partial charge in [-0.2, -0.15) is 0 Å². The average Bonchev–Trinajstić information content (AvgIpc) is 3.84. The van der Waals surface area contributed by atoms with Crippen LogP contribution in [0, 0.1) is 0 Å². The molecule has 0 atom stereocenters. The highest BCUT2D eigenvalue weighted by Gasteiger charge is 2.15. The highest BCUT2D eigenvalue weighted by atomic mass is 32.1. The predicted molar refractivity (Wildman–Crippen MR) is 240 cm³/mol. The van der Waals surface area contributed by atoms with Crippen LogP contribution in [0.4, 0.5) is 0 Å². The first-order valence-electron chi connectivity index (χ1n) is 18.8. The van der Waals surface area contributed by atoms with Gasteiger partial charge in [0.15, 0.2) is 5.82 Å². The molecule has 0 saturated carbocycles. The van der Waals surface area contributed by atoms with Gasteiger partial charge >= 0.3 is 0 Å². The number of aromatic nitrogens is 2. The molecule has 0 saturated heterocycles. The quantitative estimate of drug-likeness (QED) is 0.169. The van der Waals surface area contributed by atoms with Crippen molar-refractivity contribution in [1.29, 1.82) is 0 Å². The number of hydrogen-bond acceptors (Lipinski definition) is 4. The van der Waals surface area contributed by atoms with Gasteiger partial charge in [0.2, 0.25) is 0 Å². The second-order valence-electron chi connectivity index (χ2n) is 14.2. The van der Waals surface area contributed by atoms with E-state index in [4.69, 9.17) is 9.97 Å². The molecule has 0 amide bonds. The van der Waals surface area contributed by atoms with Crippen molar-refractivity contribution in [2.24, 2.45) is 0 Å². The fourth-order valence-corrected chi connectivity index (χ4v) is 10.0. The minimum absolute atomic E-state index is 0.707. The number of hydrogen-bond donors (Lipinski definition) is 0. The topological polar surface area (TPSA) is 25.8 Å². The summed E-state index contributed by atoms with van der Waals surface area (Å²) < 4.78 is 5.24. The van der Waals surface area contributed by atoms with Crippen LogP contribution >= 0.6 is 22.7 Å². The second-order valence-corrected chi connectivity index (χ2v) is 16.4. The number of rotatable bonds is 6. The third-order valence-corrected chi connectivity index (χ3v) is 13.0. The molecule has 0 unspecified atom stereocenters. The van der Waals surface area contributed by atoms with Crippen LogP contribution in [-0.2, 0) is 0 Å². The zero-order valence-electron chi connectivity index (χ0n) is 30.2. The fraction of sp³-hybridized carbons (Fsp3) is 0. The van der Waals surface area contributed by atoms with Crippen LogP contribution in [0.25, 0.3) is 108 Å². The van der Waals surface area contributed by atoms with Crippen molar-refractivity contribution >= 4 is 63.0 Å². The minimum atomic E-state index is 0.707. The summed E-state index contributed by atoms with van der Waals surface area (Å²) in [6.07, 6.45) is 0. The SMILES string of the molecule is c1ccc(-c2cc(-c3cc(-c4cccc(-c5ccc6sc7ccccc7c6c5)c4)cc(-c4ccc5sc6ccccc6c5c4)c3)nc(-c3ccccc3)n2)cc1. The van der Waals surface area contributed by atoms with E-state index in [-0.39, 0.29) is 0 Å². The monoisotopic (exact) mass is 748 g/mol. The van der Waals surface area contributed by atoms with E-state index in [1.165, 1.54) is 57.0 Å². The summed E-state index contributed by atoms with van der Waals surface area (Å²) in [6, 6.07) is 69.9. The maximum Gasteiger partial charge on any atom is 0.160 e. The lowest BCUT2D eigenvalue weighted by atomic mass is 9.92. The van der Waals surface area contributed by atoms with Gasteiger partial charge < -0.3 is 0 Å². The third-order valence-electron chi connectivity index (χ3n) is 10.7. The summed E-state index contributed by atoms with van der Waals surface area (Å²) in [5.74, 6) is 0.707. The van der Waals surface area contributed by atoms with Crippen molar-refractivity contribution in [1.82, 2.24) is 9.97 Å². The Labute approximate surface area is 332 Å². The van der Waals surface area contributed by atoms with Crippen LogP contribution in [0.2, 0.25) is 0 Å².